The summed E-state index contributed by atoms with van der Waals surface area (Å²) in [5, 5.41) is 3.55. The van der Waals surface area contributed by atoms with Crippen molar-refractivity contribution in [1.29, 1.82) is 0 Å². The van der Waals surface area contributed by atoms with Gasteiger partial charge in [-0.25, -0.2) is 0 Å². The quantitative estimate of drug-likeness (QED) is 0.0928. The Morgan fingerprint density at radius 1 is 0.500 bits per heavy atom. The topological polar surface area (TPSA) is 30.5 Å². The lowest BCUT2D eigenvalue weighted by molar-refractivity contribution is -1.01. The van der Waals surface area contributed by atoms with Crippen molar-refractivity contribution in [3.63, 3.8) is 0 Å². The summed E-state index contributed by atoms with van der Waals surface area (Å²) in [6.07, 6.45) is 27.9. The number of nitrogens with zero attached hydrogens (tertiary/aromatic N) is 1. The van der Waals surface area contributed by atoms with E-state index in [0.717, 1.165) is 43.9 Å². The molecular weight excluding hydrogens is 444 g/mol. The molecule has 1 aliphatic rings. The van der Waals surface area contributed by atoms with Crippen LogP contribution in [-0.4, -0.2) is 56.3 Å². The number of hydrogen-bond acceptors (Lipinski definition) is 3. The van der Waals surface area contributed by atoms with Crippen LogP contribution in [0, 0.1) is 0 Å². The van der Waals surface area contributed by atoms with Crippen molar-refractivity contribution < 1.29 is 14.0 Å². The van der Waals surface area contributed by atoms with E-state index in [1.807, 2.05) is 0 Å². The molecule has 0 bridgehead atoms. The summed E-state index contributed by atoms with van der Waals surface area (Å²) in [4.78, 5) is 0. The van der Waals surface area contributed by atoms with E-state index in [-0.39, 0.29) is 12.5 Å². The highest BCUT2D eigenvalue weighted by atomic mass is 16.5. The Bertz CT molecular complexity index is 419. The van der Waals surface area contributed by atoms with E-state index in [4.69, 9.17) is 9.47 Å². The van der Waals surface area contributed by atoms with E-state index in [9.17, 15) is 0 Å². The normalized spacial score (nSPS) is 17.3. The van der Waals surface area contributed by atoms with Crippen LogP contribution in [0.4, 0.5) is 0 Å². The Morgan fingerprint density at radius 3 is 1.14 bits per heavy atom. The zero-order valence-electron chi connectivity index (χ0n) is 25.3. The lowest BCUT2D eigenvalue weighted by atomic mass is 10.1. The fourth-order valence-electron chi connectivity index (χ4n) is 5.82. The summed E-state index contributed by atoms with van der Waals surface area (Å²) in [7, 11) is 0. The molecule has 0 aromatic carbocycles. The summed E-state index contributed by atoms with van der Waals surface area (Å²) in [5.74, 6) is 0. The molecule has 0 aromatic heterocycles. The van der Waals surface area contributed by atoms with Crippen LogP contribution in [0.5, 0.6) is 0 Å². The SMILES string of the molecule is CCCCCCCCCCCCOC(C)[N+]1(C(C)OCCCCCCCCCCCC)CCNCC1. The first-order chi connectivity index (χ1) is 17.7. The van der Waals surface area contributed by atoms with Crippen LogP contribution in [-0.2, 0) is 9.47 Å². The minimum absolute atomic E-state index is 0.216. The maximum Gasteiger partial charge on any atom is 0.192 e. The molecule has 4 heteroatoms. The predicted molar refractivity (Wildman–Crippen MR) is 157 cm³/mol. The van der Waals surface area contributed by atoms with Gasteiger partial charge in [-0.3, -0.25) is 4.48 Å². The van der Waals surface area contributed by atoms with Gasteiger partial charge in [-0.2, -0.15) is 0 Å². The molecule has 1 N–H and O–H groups in total. The van der Waals surface area contributed by atoms with Crippen LogP contribution in [0.2, 0.25) is 0 Å². The van der Waals surface area contributed by atoms with Gasteiger partial charge in [0, 0.05) is 26.9 Å². The second-order valence-electron chi connectivity index (χ2n) is 11.6. The highest BCUT2D eigenvalue weighted by Gasteiger charge is 2.41. The Labute approximate surface area is 227 Å². The molecule has 2 unspecified atom stereocenters. The minimum Gasteiger partial charge on any atom is -0.329 e. The number of hydrogen-bond donors (Lipinski definition) is 1. The number of piperazine rings is 1. The molecule has 0 saturated carbocycles. The molecule has 0 aromatic rings. The molecule has 4 nitrogen and oxygen atoms in total. The van der Waals surface area contributed by atoms with E-state index in [1.165, 1.54) is 128 Å². The van der Waals surface area contributed by atoms with Crippen LogP contribution in [0.1, 0.15) is 156 Å². The third-order valence-corrected chi connectivity index (χ3v) is 8.57. The van der Waals surface area contributed by atoms with Gasteiger partial charge in [0.25, 0.3) is 0 Å². The van der Waals surface area contributed by atoms with Crippen LogP contribution in [0.15, 0.2) is 0 Å². The second-order valence-corrected chi connectivity index (χ2v) is 11.6. The van der Waals surface area contributed by atoms with Gasteiger partial charge < -0.3 is 14.8 Å². The maximum atomic E-state index is 6.45. The minimum atomic E-state index is 0.216. The average Bonchev–Trinajstić information content (AvgIpc) is 2.90. The Balaban J connectivity index is 2.15. The highest BCUT2D eigenvalue weighted by molar-refractivity contribution is 4.61. The zero-order chi connectivity index (χ0) is 26.2. The van der Waals surface area contributed by atoms with Crippen molar-refractivity contribution in [3.05, 3.63) is 0 Å². The Kier molecular flexibility index (Phi) is 22.5. The third-order valence-electron chi connectivity index (χ3n) is 8.57. The van der Waals surface area contributed by atoms with Crippen LogP contribution >= 0.6 is 0 Å². The largest absolute Gasteiger partial charge is 0.329 e. The number of rotatable bonds is 26. The van der Waals surface area contributed by atoms with Gasteiger partial charge in [0.2, 0.25) is 0 Å². The predicted octanol–water partition coefficient (Wildman–Crippen LogP) is 8.97. The van der Waals surface area contributed by atoms with Gasteiger partial charge in [0.1, 0.15) is 0 Å². The van der Waals surface area contributed by atoms with Gasteiger partial charge in [0.05, 0.1) is 26.3 Å². The lowest BCUT2D eigenvalue weighted by Gasteiger charge is -2.48. The summed E-state index contributed by atoms with van der Waals surface area (Å²) in [6, 6.07) is 0. The molecule has 1 aliphatic heterocycles. The fraction of sp³-hybridized carbons (Fsp3) is 1.00. The molecule has 36 heavy (non-hydrogen) atoms. The molecule has 1 fully saturated rings. The van der Waals surface area contributed by atoms with E-state index in [2.05, 4.69) is 33.0 Å². The standard InChI is InChI=1S/C32H67N2O2/c1-5-7-9-11-13-15-17-19-21-23-29-35-31(3)34(27-25-33-26-28-34)32(4)36-30-24-22-20-18-16-14-12-10-8-6-2/h31-33H,5-30H2,1-4H3/q+1. The van der Waals surface area contributed by atoms with E-state index < -0.39 is 0 Å². The first-order valence-electron chi connectivity index (χ1n) is 16.5. The van der Waals surface area contributed by atoms with Gasteiger partial charge >= 0.3 is 0 Å². The molecule has 1 rings (SSSR count). The first-order valence-corrected chi connectivity index (χ1v) is 16.5. The van der Waals surface area contributed by atoms with Crippen LogP contribution in [0.25, 0.3) is 0 Å². The molecule has 1 saturated heterocycles. The van der Waals surface area contributed by atoms with Gasteiger partial charge in [-0.15, -0.1) is 0 Å². The third kappa shape index (κ3) is 15.9. The summed E-state index contributed by atoms with van der Waals surface area (Å²) < 4.78 is 13.9. The van der Waals surface area contributed by atoms with Gasteiger partial charge in [-0.1, -0.05) is 129 Å². The average molecular weight is 512 g/mol. The number of quaternary nitrogens is 1. The Morgan fingerprint density at radius 2 is 0.806 bits per heavy atom. The molecule has 0 amide bonds. The monoisotopic (exact) mass is 512 g/mol. The van der Waals surface area contributed by atoms with Crippen molar-refractivity contribution in [2.45, 2.75) is 169 Å². The maximum absolute atomic E-state index is 6.45. The zero-order valence-corrected chi connectivity index (χ0v) is 25.3. The van der Waals surface area contributed by atoms with Gasteiger partial charge in [-0.05, 0) is 12.8 Å². The van der Waals surface area contributed by atoms with Crippen LogP contribution in [0.3, 0.4) is 0 Å². The molecular formula is C32H67N2O2+. The molecule has 0 spiro atoms. The number of unbranched alkanes of at least 4 members (excludes halogenated alkanes) is 18. The van der Waals surface area contributed by atoms with E-state index in [1.54, 1.807) is 0 Å². The highest BCUT2D eigenvalue weighted by Crippen LogP contribution is 2.24. The Hall–Kier alpha value is -0.160. The molecule has 1 heterocycles. The lowest BCUT2D eigenvalue weighted by Crippen LogP contribution is -2.67. The summed E-state index contributed by atoms with van der Waals surface area (Å²) >= 11 is 0. The summed E-state index contributed by atoms with van der Waals surface area (Å²) in [6.45, 7) is 15.3. The number of nitrogens with one attached hydrogen (secondary N) is 1. The van der Waals surface area contributed by atoms with Gasteiger partial charge in [0.15, 0.2) is 12.5 Å². The fourth-order valence-corrected chi connectivity index (χ4v) is 5.82. The van der Waals surface area contributed by atoms with E-state index >= 15 is 0 Å². The number of ether oxygens (including phenoxy) is 2. The molecule has 0 radical (unpaired) electrons. The summed E-state index contributed by atoms with van der Waals surface area (Å²) in [5.41, 5.74) is 0. The van der Waals surface area contributed by atoms with Crippen molar-refractivity contribution in [1.82, 2.24) is 5.32 Å². The molecule has 0 aliphatic carbocycles. The molecule has 216 valence electrons. The van der Waals surface area contributed by atoms with Crippen molar-refractivity contribution in [2.24, 2.45) is 0 Å². The van der Waals surface area contributed by atoms with Crippen LogP contribution < -0.4 is 5.32 Å². The van der Waals surface area contributed by atoms with Crippen molar-refractivity contribution in [2.75, 3.05) is 39.4 Å². The first kappa shape index (κ1) is 33.9. The van der Waals surface area contributed by atoms with Crippen molar-refractivity contribution >= 4 is 0 Å². The second kappa shape index (κ2) is 23.9. The van der Waals surface area contributed by atoms with E-state index in [0.29, 0.717) is 0 Å². The molecule has 2 atom stereocenters. The smallest absolute Gasteiger partial charge is 0.192 e. The van der Waals surface area contributed by atoms with Crippen molar-refractivity contribution in [3.8, 4) is 0 Å².